The fourth-order valence-electron chi connectivity index (χ4n) is 2.37. The summed E-state index contributed by atoms with van der Waals surface area (Å²) in [6.45, 7) is 5.85. The lowest BCUT2D eigenvalue weighted by molar-refractivity contribution is -0.140. The fourth-order valence-corrected chi connectivity index (χ4v) is 2.57. The van der Waals surface area contributed by atoms with Crippen molar-refractivity contribution in [1.82, 2.24) is 10.3 Å². The van der Waals surface area contributed by atoms with E-state index in [9.17, 15) is 14.7 Å². The van der Waals surface area contributed by atoms with Gasteiger partial charge in [-0.1, -0.05) is 23.7 Å². The molecule has 1 heterocycles. The van der Waals surface area contributed by atoms with E-state index >= 15 is 0 Å². The van der Waals surface area contributed by atoms with Crippen molar-refractivity contribution in [1.29, 1.82) is 0 Å². The third-order valence-corrected chi connectivity index (χ3v) is 4.05. The van der Waals surface area contributed by atoms with Gasteiger partial charge in [-0.25, -0.2) is 4.79 Å². The van der Waals surface area contributed by atoms with Crippen LogP contribution in [0.15, 0.2) is 42.6 Å². The summed E-state index contributed by atoms with van der Waals surface area (Å²) in [6.07, 6.45) is 1.80. The average molecular weight is 391 g/mol. The number of carbonyl (C=O) groups is 2. The molecule has 1 aromatic heterocycles. The molecule has 0 radical (unpaired) electrons. The van der Waals surface area contributed by atoms with Gasteiger partial charge >= 0.3 is 5.97 Å². The minimum atomic E-state index is -1.13. The minimum Gasteiger partial charge on any atom is -0.480 e. The van der Waals surface area contributed by atoms with Crippen molar-refractivity contribution in [3.05, 3.63) is 53.2 Å². The molecule has 1 amide bonds. The second-order valence-corrected chi connectivity index (χ2v) is 7.43. The third kappa shape index (κ3) is 6.34. The normalized spacial score (nSPS) is 12.4. The summed E-state index contributed by atoms with van der Waals surface area (Å²) in [7, 11) is 0. The van der Waals surface area contributed by atoms with Gasteiger partial charge in [0.05, 0.1) is 21.9 Å². The molecule has 2 N–H and O–H groups in total. The average Bonchev–Trinajstić information content (AvgIpc) is 2.60. The Labute approximate surface area is 163 Å². The highest BCUT2D eigenvalue weighted by Gasteiger charge is 2.23. The number of hydrogen-bond donors (Lipinski definition) is 2. The molecule has 0 spiro atoms. The summed E-state index contributed by atoms with van der Waals surface area (Å²) >= 11 is 6.15. The first-order valence-electron chi connectivity index (χ1n) is 8.56. The maximum absolute atomic E-state index is 12.6. The van der Waals surface area contributed by atoms with Gasteiger partial charge in [-0.05, 0) is 45.0 Å². The first-order chi connectivity index (χ1) is 12.7. The molecular formula is C20H23ClN2O4. The van der Waals surface area contributed by atoms with Crippen molar-refractivity contribution in [2.45, 2.75) is 38.8 Å². The Bertz CT molecular complexity index is 803. The number of ether oxygens (including phenoxy) is 1. The molecule has 2 aromatic rings. The van der Waals surface area contributed by atoms with Gasteiger partial charge in [-0.3, -0.25) is 9.78 Å². The molecule has 0 aliphatic heterocycles. The molecule has 0 aliphatic rings. The van der Waals surface area contributed by atoms with Crippen LogP contribution in [0.1, 0.15) is 37.6 Å². The Balaban J connectivity index is 2.14. The van der Waals surface area contributed by atoms with E-state index in [-0.39, 0.29) is 29.2 Å². The number of aliphatic carboxylic acids is 1. The summed E-state index contributed by atoms with van der Waals surface area (Å²) < 4.78 is 5.55. The monoisotopic (exact) mass is 390 g/mol. The molecule has 1 unspecified atom stereocenters. The number of halogens is 1. The van der Waals surface area contributed by atoms with Crippen LogP contribution >= 0.6 is 11.6 Å². The molecule has 144 valence electrons. The van der Waals surface area contributed by atoms with Crippen LogP contribution in [0.4, 0.5) is 0 Å². The number of aromatic nitrogens is 1. The summed E-state index contributed by atoms with van der Waals surface area (Å²) in [4.78, 5) is 28.3. The van der Waals surface area contributed by atoms with Crippen LogP contribution in [-0.4, -0.2) is 40.2 Å². The van der Waals surface area contributed by atoms with Crippen LogP contribution < -0.4 is 5.32 Å². The zero-order valence-electron chi connectivity index (χ0n) is 15.5. The summed E-state index contributed by atoms with van der Waals surface area (Å²) in [6, 6.07) is 9.33. The van der Waals surface area contributed by atoms with E-state index in [4.69, 9.17) is 16.3 Å². The molecule has 1 atom stereocenters. The maximum Gasteiger partial charge on any atom is 0.326 e. The number of benzene rings is 1. The first kappa shape index (κ1) is 20.9. The Kier molecular flexibility index (Phi) is 6.93. The number of hydrogen-bond acceptors (Lipinski definition) is 4. The molecule has 0 fully saturated rings. The van der Waals surface area contributed by atoms with Gasteiger partial charge < -0.3 is 15.2 Å². The van der Waals surface area contributed by atoms with E-state index in [1.165, 1.54) is 0 Å². The lowest BCUT2D eigenvalue weighted by Gasteiger charge is -2.21. The van der Waals surface area contributed by atoms with Gasteiger partial charge in [0.25, 0.3) is 5.91 Å². The van der Waals surface area contributed by atoms with Crippen LogP contribution in [0.3, 0.4) is 0 Å². The van der Waals surface area contributed by atoms with Crippen molar-refractivity contribution in [3.8, 4) is 11.3 Å². The number of nitrogens with one attached hydrogen (secondary N) is 1. The molecule has 0 bridgehead atoms. The molecule has 0 aliphatic carbocycles. The molecule has 2 rings (SSSR count). The standard InChI is InChI=1S/C20H23ClN2O4/c1-20(2,3)27-11-9-17(19(25)26)23-18(24)14-12-13(7-8-15(14)21)16-6-4-5-10-22-16/h4-8,10,12,17H,9,11H2,1-3H3,(H,23,24)(H,25,26). The van der Waals surface area contributed by atoms with Gasteiger partial charge in [-0.2, -0.15) is 0 Å². The van der Waals surface area contributed by atoms with Crippen LogP contribution in [-0.2, 0) is 9.53 Å². The first-order valence-corrected chi connectivity index (χ1v) is 8.94. The predicted octanol–water partition coefficient (Wildman–Crippen LogP) is 3.79. The van der Waals surface area contributed by atoms with Gasteiger partial charge in [0, 0.05) is 24.8 Å². The van der Waals surface area contributed by atoms with Gasteiger partial charge in [-0.15, -0.1) is 0 Å². The minimum absolute atomic E-state index is 0.149. The highest BCUT2D eigenvalue weighted by Crippen LogP contribution is 2.24. The lowest BCUT2D eigenvalue weighted by Crippen LogP contribution is -2.42. The van der Waals surface area contributed by atoms with E-state index < -0.39 is 17.9 Å². The largest absolute Gasteiger partial charge is 0.480 e. The molecule has 1 aromatic carbocycles. The number of pyridine rings is 1. The van der Waals surface area contributed by atoms with Crippen LogP contribution in [0.5, 0.6) is 0 Å². The summed E-state index contributed by atoms with van der Waals surface area (Å²) in [5.74, 6) is -1.68. The molecule has 27 heavy (non-hydrogen) atoms. The maximum atomic E-state index is 12.6. The Morgan fingerprint density at radius 3 is 2.59 bits per heavy atom. The van der Waals surface area contributed by atoms with Gasteiger partial charge in [0.2, 0.25) is 0 Å². The van der Waals surface area contributed by atoms with E-state index in [0.29, 0.717) is 11.3 Å². The van der Waals surface area contributed by atoms with Crippen LogP contribution in [0.25, 0.3) is 11.3 Å². The zero-order valence-corrected chi connectivity index (χ0v) is 16.3. The predicted molar refractivity (Wildman–Crippen MR) is 104 cm³/mol. The van der Waals surface area contributed by atoms with Crippen LogP contribution in [0.2, 0.25) is 5.02 Å². The van der Waals surface area contributed by atoms with E-state index in [1.807, 2.05) is 32.9 Å². The van der Waals surface area contributed by atoms with Crippen LogP contribution in [0, 0.1) is 0 Å². The third-order valence-electron chi connectivity index (χ3n) is 3.72. The van der Waals surface area contributed by atoms with Crippen molar-refractivity contribution < 1.29 is 19.4 Å². The fraction of sp³-hybridized carbons (Fsp3) is 0.350. The molecule has 0 saturated heterocycles. The molecular weight excluding hydrogens is 368 g/mol. The number of amides is 1. The number of rotatable bonds is 7. The van der Waals surface area contributed by atoms with Crippen molar-refractivity contribution in [3.63, 3.8) is 0 Å². The number of carboxylic acids is 1. The molecule has 7 heteroatoms. The smallest absolute Gasteiger partial charge is 0.326 e. The Morgan fingerprint density at radius 2 is 2.00 bits per heavy atom. The van der Waals surface area contributed by atoms with Crippen molar-refractivity contribution in [2.75, 3.05) is 6.61 Å². The zero-order chi connectivity index (χ0) is 20.0. The van der Waals surface area contributed by atoms with Crippen molar-refractivity contribution >= 4 is 23.5 Å². The Hall–Kier alpha value is -2.44. The van der Waals surface area contributed by atoms with E-state index in [2.05, 4.69) is 10.3 Å². The second-order valence-electron chi connectivity index (χ2n) is 7.02. The molecule has 0 saturated carbocycles. The quantitative estimate of drug-likeness (QED) is 0.750. The Morgan fingerprint density at radius 1 is 1.26 bits per heavy atom. The highest BCUT2D eigenvalue weighted by molar-refractivity contribution is 6.34. The van der Waals surface area contributed by atoms with Crippen molar-refractivity contribution in [2.24, 2.45) is 0 Å². The van der Waals surface area contributed by atoms with Gasteiger partial charge in [0.1, 0.15) is 6.04 Å². The molecule has 6 nitrogen and oxygen atoms in total. The highest BCUT2D eigenvalue weighted by atomic mass is 35.5. The SMILES string of the molecule is CC(C)(C)OCCC(NC(=O)c1cc(-c2ccccn2)ccc1Cl)C(=O)O. The summed E-state index contributed by atoms with van der Waals surface area (Å²) in [5.41, 5.74) is 1.22. The second kappa shape index (κ2) is 8.97. The number of nitrogens with zero attached hydrogens (tertiary/aromatic N) is 1. The summed E-state index contributed by atoms with van der Waals surface area (Å²) in [5, 5.41) is 12.1. The number of carboxylic acid groups (broad SMARTS) is 1. The van der Waals surface area contributed by atoms with E-state index in [0.717, 1.165) is 0 Å². The van der Waals surface area contributed by atoms with Gasteiger partial charge in [0.15, 0.2) is 0 Å². The topological polar surface area (TPSA) is 88.5 Å². The van der Waals surface area contributed by atoms with E-state index in [1.54, 1.807) is 30.5 Å². The lowest BCUT2D eigenvalue weighted by atomic mass is 10.1. The number of carbonyl (C=O) groups excluding carboxylic acids is 1.